The standard InChI is InChI=1S/C33H29F4N5O3/c1-2-41-31-28(25(13-6-7-14-26(38)43)40-42(31)24-11-4-3-5-12-24)27(20-15-17-23(34)18-16-20)29(32(41)45)39-30(44)21-9-8-10-22(19-21)33(35,36)37/h3-5,7-12,14-19,27,29H,2,6,13H2,1H3,(H2,38,43)(H,39,44)/b14-7-/t27-,29-/m0/s1. The van der Waals surface area contributed by atoms with Gasteiger partial charge in [0.25, 0.3) is 11.8 Å². The van der Waals surface area contributed by atoms with Crippen LogP contribution in [0.25, 0.3) is 5.69 Å². The second kappa shape index (κ2) is 12.8. The average molecular weight is 620 g/mol. The summed E-state index contributed by atoms with van der Waals surface area (Å²) >= 11 is 0. The quantitative estimate of drug-likeness (QED) is 0.196. The van der Waals surface area contributed by atoms with Gasteiger partial charge in [-0.15, -0.1) is 0 Å². The van der Waals surface area contributed by atoms with Gasteiger partial charge in [-0.05, 0) is 73.9 Å². The maximum absolute atomic E-state index is 14.2. The second-order valence-electron chi connectivity index (χ2n) is 10.4. The number of likely N-dealkylation sites (N-methyl/N-ethyl adjacent to an activating group) is 1. The fourth-order valence-electron chi connectivity index (χ4n) is 5.52. The number of fused-ring (bicyclic) bond motifs is 1. The van der Waals surface area contributed by atoms with Gasteiger partial charge in [0.2, 0.25) is 5.91 Å². The number of nitrogens with zero attached hydrogens (tertiary/aromatic N) is 3. The van der Waals surface area contributed by atoms with Crippen molar-refractivity contribution in [1.29, 1.82) is 0 Å². The fraction of sp³-hybridized carbons (Fsp3) is 0.212. The number of alkyl halides is 3. The second-order valence-corrected chi connectivity index (χ2v) is 10.4. The molecule has 0 unspecified atom stereocenters. The summed E-state index contributed by atoms with van der Waals surface area (Å²) in [6.45, 7) is 1.93. The number of primary amides is 1. The first-order valence-corrected chi connectivity index (χ1v) is 14.2. The summed E-state index contributed by atoms with van der Waals surface area (Å²) in [6, 6.07) is 17.2. The molecular formula is C33H29F4N5O3. The van der Waals surface area contributed by atoms with Crippen molar-refractivity contribution in [2.24, 2.45) is 5.73 Å². The third kappa shape index (κ3) is 6.49. The molecule has 1 aliphatic heterocycles. The average Bonchev–Trinajstić information content (AvgIpc) is 3.39. The first-order valence-electron chi connectivity index (χ1n) is 14.2. The molecule has 3 aromatic carbocycles. The highest BCUT2D eigenvalue weighted by Crippen LogP contribution is 2.44. The van der Waals surface area contributed by atoms with Gasteiger partial charge in [-0.2, -0.15) is 18.3 Å². The Morgan fingerprint density at radius 2 is 1.73 bits per heavy atom. The van der Waals surface area contributed by atoms with E-state index in [1.54, 1.807) is 17.7 Å². The lowest BCUT2D eigenvalue weighted by Gasteiger charge is -2.38. The zero-order chi connectivity index (χ0) is 32.3. The van der Waals surface area contributed by atoms with Gasteiger partial charge >= 0.3 is 6.18 Å². The van der Waals surface area contributed by atoms with Crippen LogP contribution in [0.2, 0.25) is 0 Å². The largest absolute Gasteiger partial charge is 0.416 e. The van der Waals surface area contributed by atoms with Crippen molar-refractivity contribution in [3.05, 3.63) is 125 Å². The molecule has 2 atom stereocenters. The molecule has 3 N–H and O–H groups in total. The Bertz CT molecular complexity index is 1750. The number of allylic oxidation sites excluding steroid dienone is 1. The molecule has 0 spiro atoms. The predicted octanol–water partition coefficient (Wildman–Crippen LogP) is 5.30. The van der Waals surface area contributed by atoms with E-state index in [0.717, 1.165) is 18.2 Å². The molecule has 2 heterocycles. The molecule has 4 aromatic rings. The van der Waals surface area contributed by atoms with Crippen LogP contribution in [0.5, 0.6) is 0 Å². The van der Waals surface area contributed by atoms with Gasteiger partial charge in [0, 0.05) is 23.6 Å². The van der Waals surface area contributed by atoms with Crippen LogP contribution in [0.1, 0.15) is 52.0 Å². The number of rotatable bonds is 9. The fourth-order valence-corrected chi connectivity index (χ4v) is 5.52. The third-order valence-corrected chi connectivity index (χ3v) is 7.52. The van der Waals surface area contributed by atoms with Crippen molar-refractivity contribution in [3.8, 4) is 5.69 Å². The summed E-state index contributed by atoms with van der Waals surface area (Å²) < 4.78 is 56.0. The summed E-state index contributed by atoms with van der Waals surface area (Å²) in [6.07, 6.45) is -1.17. The lowest BCUT2D eigenvalue weighted by molar-refractivity contribution is -0.137. The zero-order valence-corrected chi connectivity index (χ0v) is 24.1. The normalized spacial score (nSPS) is 16.6. The van der Waals surface area contributed by atoms with Crippen LogP contribution in [-0.2, 0) is 22.2 Å². The zero-order valence-electron chi connectivity index (χ0n) is 24.1. The van der Waals surface area contributed by atoms with Crippen molar-refractivity contribution in [2.45, 2.75) is 37.9 Å². The van der Waals surface area contributed by atoms with Gasteiger partial charge in [-0.25, -0.2) is 9.07 Å². The number of hydrogen-bond acceptors (Lipinski definition) is 4. The third-order valence-electron chi connectivity index (χ3n) is 7.52. The Morgan fingerprint density at radius 3 is 2.38 bits per heavy atom. The number of carbonyl (C=O) groups is 3. The molecule has 0 saturated carbocycles. The number of benzene rings is 3. The van der Waals surface area contributed by atoms with E-state index in [1.165, 1.54) is 41.3 Å². The summed E-state index contributed by atoms with van der Waals surface area (Å²) in [4.78, 5) is 40.5. The number of aryl methyl sites for hydroxylation is 1. The van der Waals surface area contributed by atoms with Gasteiger partial charge in [0.1, 0.15) is 17.7 Å². The van der Waals surface area contributed by atoms with Crippen LogP contribution in [-0.4, -0.2) is 40.1 Å². The van der Waals surface area contributed by atoms with Gasteiger partial charge in [-0.1, -0.05) is 42.5 Å². The number of hydrogen-bond donors (Lipinski definition) is 2. The van der Waals surface area contributed by atoms with Crippen molar-refractivity contribution < 1.29 is 31.9 Å². The molecule has 12 heteroatoms. The Balaban J connectivity index is 1.68. The van der Waals surface area contributed by atoms with Gasteiger partial charge in [-0.3, -0.25) is 19.3 Å². The van der Waals surface area contributed by atoms with Crippen LogP contribution in [0.4, 0.5) is 23.4 Å². The molecule has 0 aliphatic carbocycles. The number of carbonyl (C=O) groups excluding carboxylic acids is 3. The van der Waals surface area contributed by atoms with E-state index >= 15 is 0 Å². The SMILES string of the molecule is CCN1C(=O)[C@@H](NC(=O)c2cccc(C(F)(F)F)c2)[C@@H](c2ccc(F)cc2)c2c(CC/C=C\C(N)=O)nn(-c3ccccc3)c21. The molecule has 3 amide bonds. The first kappa shape index (κ1) is 31.2. The Kier molecular flexibility index (Phi) is 8.84. The minimum Gasteiger partial charge on any atom is -0.366 e. The Labute approximate surface area is 256 Å². The van der Waals surface area contributed by atoms with E-state index in [0.29, 0.717) is 41.2 Å². The van der Waals surface area contributed by atoms with Gasteiger partial charge in [0.15, 0.2) is 0 Å². The number of nitrogens with two attached hydrogens (primary N) is 1. The number of para-hydroxylation sites is 1. The maximum atomic E-state index is 14.2. The molecule has 232 valence electrons. The highest BCUT2D eigenvalue weighted by molar-refractivity contribution is 6.05. The lowest BCUT2D eigenvalue weighted by atomic mass is 9.80. The molecule has 1 aromatic heterocycles. The number of anilines is 1. The van der Waals surface area contributed by atoms with Crippen LogP contribution in [0.15, 0.2) is 91.0 Å². The number of halogens is 4. The van der Waals surface area contributed by atoms with Crippen LogP contribution >= 0.6 is 0 Å². The molecule has 1 aliphatic rings. The van der Waals surface area contributed by atoms with Crippen molar-refractivity contribution >= 4 is 23.5 Å². The summed E-state index contributed by atoms with van der Waals surface area (Å²) in [5.74, 6) is -2.97. The monoisotopic (exact) mass is 619 g/mol. The smallest absolute Gasteiger partial charge is 0.366 e. The predicted molar refractivity (Wildman–Crippen MR) is 159 cm³/mol. The topological polar surface area (TPSA) is 110 Å². The van der Waals surface area contributed by atoms with Crippen molar-refractivity contribution in [3.63, 3.8) is 0 Å². The minimum absolute atomic E-state index is 0.178. The number of aromatic nitrogens is 2. The van der Waals surface area contributed by atoms with E-state index in [-0.39, 0.29) is 12.1 Å². The highest BCUT2D eigenvalue weighted by atomic mass is 19.4. The first-order chi connectivity index (χ1) is 21.5. The molecule has 0 saturated heterocycles. The number of nitrogens with one attached hydrogen (secondary N) is 1. The summed E-state index contributed by atoms with van der Waals surface area (Å²) in [5, 5.41) is 7.56. The molecule has 0 fully saturated rings. The maximum Gasteiger partial charge on any atom is 0.416 e. The van der Waals surface area contributed by atoms with Crippen LogP contribution in [0, 0.1) is 5.82 Å². The van der Waals surface area contributed by atoms with Crippen LogP contribution in [0.3, 0.4) is 0 Å². The van der Waals surface area contributed by atoms with Gasteiger partial charge in [0.05, 0.1) is 16.9 Å². The number of amides is 3. The van der Waals surface area contributed by atoms with Crippen molar-refractivity contribution in [1.82, 2.24) is 15.1 Å². The lowest BCUT2D eigenvalue weighted by Crippen LogP contribution is -2.55. The molecule has 0 radical (unpaired) electrons. The Morgan fingerprint density at radius 1 is 1.02 bits per heavy atom. The van der Waals surface area contributed by atoms with E-state index in [4.69, 9.17) is 10.8 Å². The van der Waals surface area contributed by atoms with Crippen molar-refractivity contribution in [2.75, 3.05) is 11.4 Å². The molecular weight excluding hydrogens is 590 g/mol. The summed E-state index contributed by atoms with van der Waals surface area (Å²) in [7, 11) is 0. The summed E-state index contributed by atoms with van der Waals surface area (Å²) in [5.41, 5.74) is 6.22. The van der Waals surface area contributed by atoms with Gasteiger partial charge < -0.3 is 11.1 Å². The highest BCUT2D eigenvalue weighted by Gasteiger charge is 2.46. The van der Waals surface area contributed by atoms with E-state index < -0.39 is 47.2 Å². The molecule has 0 bridgehead atoms. The van der Waals surface area contributed by atoms with E-state index in [9.17, 15) is 31.9 Å². The van der Waals surface area contributed by atoms with E-state index in [1.807, 2.05) is 30.3 Å². The minimum atomic E-state index is -4.68. The molecule has 45 heavy (non-hydrogen) atoms. The Hall–Kier alpha value is -5.26. The van der Waals surface area contributed by atoms with E-state index in [2.05, 4.69) is 5.32 Å². The van der Waals surface area contributed by atoms with Crippen LogP contribution < -0.4 is 16.0 Å². The molecule has 8 nitrogen and oxygen atoms in total. The molecule has 5 rings (SSSR count).